The summed E-state index contributed by atoms with van der Waals surface area (Å²) in [5.41, 5.74) is 1.45. The zero-order chi connectivity index (χ0) is 16.1. The molecule has 0 spiro atoms. The fourth-order valence-electron chi connectivity index (χ4n) is 4.47. The molecule has 2 atom stereocenters. The van der Waals surface area contributed by atoms with Crippen molar-refractivity contribution in [3.63, 3.8) is 0 Å². The lowest BCUT2D eigenvalue weighted by molar-refractivity contribution is -0.967. The number of benzene rings is 1. The summed E-state index contributed by atoms with van der Waals surface area (Å²) in [7, 11) is 0. The highest BCUT2D eigenvalue weighted by Crippen LogP contribution is 2.12. The lowest BCUT2D eigenvalue weighted by Crippen LogP contribution is -3.21. The van der Waals surface area contributed by atoms with Crippen LogP contribution in [0.5, 0.6) is 5.75 Å². The zero-order valence-corrected chi connectivity index (χ0v) is 14.9. The third-order valence-electron chi connectivity index (χ3n) is 5.76. The first-order valence-electron chi connectivity index (χ1n) is 9.64. The Kier molecular flexibility index (Phi) is 5.96. The molecule has 1 aromatic rings. The van der Waals surface area contributed by atoms with E-state index in [4.69, 9.17) is 4.74 Å². The molecule has 2 N–H and O–H groups in total. The van der Waals surface area contributed by atoms with Crippen LogP contribution in [0, 0.1) is 5.92 Å². The average molecular weight is 319 g/mol. The van der Waals surface area contributed by atoms with Crippen molar-refractivity contribution in [1.82, 2.24) is 0 Å². The van der Waals surface area contributed by atoms with Gasteiger partial charge in [0.25, 0.3) is 0 Å². The van der Waals surface area contributed by atoms with Crippen molar-refractivity contribution >= 4 is 0 Å². The van der Waals surface area contributed by atoms with Crippen LogP contribution < -0.4 is 14.5 Å². The molecule has 2 unspecified atom stereocenters. The lowest BCUT2D eigenvalue weighted by Gasteiger charge is -2.37. The highest BCUT2D eigenvalue weighted by atomic mass is 16.5. The van der Waals surface area contributed by atoms with Gasteiger partial charge in [-0.15, -0.1) is 0 Å². The molecule has 0 saturated carbocycles. The van der Waals surface area contributed by atoms with Crippen LogP contribution in [0.4, 0.5) is 0 Å². The number of hydrogen-bond donors (Lipinski definition) is 2. The molecule has 128 valence electrons. The summed E-state index contributed by atoms with van der Waals surface area (Å²) in [6, 6.07) is 9.64. The monoisotopic (exact) mass is 318 g/mol. The van der Waals surface area contributed by atoms with Crippen LogP contribution >= 0.6 is 0 Å². The van der Waals surface area contributed by atoms with E-state index in [0.29, 0.717) is 0 Å². The minimum atomic E-state index is 0.746. The van der Waals surface area contributed by atoms with E-state index < -0.39 is 0 Å². The van der Waals surface area contributed by atoms with Crippen molar-refractivity contribution in [2.45, 2.75) is 52.1 Å². The van der Waals surface area contributed by atoms with Crippen LogP contribution in [-0.4, -0.2) is 38.8 Å². The van der Waals surface area contributed by atoms with Crippen molar-refractivity contribution in [3.8, 4) is 5.75 Å². The quantitative estimate of drug-likeness (QED) is 0.827. The van der Waals surface area contributed by atoms with Gasteiger partial charge in [-0.2, -0.15) is 0 Å². The van der Waals surface area contributed by atoms with Gasteiger partial charge in [0.2, 0.25) is 0 Å². The van der Waals surface area contributed by atoms with Crippen LogP contribution in [0.1, 0.15) is 45.1 Å². The molecule has 3 nitrogen and oxygen atoms in total. The van der Waals surface area contributed by atoms with Gasteiger partial charge in [0.15, 0.2) is 0 Å². The Labute approximate surface area is 141 Å². The topological polar surface area (TPSA) is 18.1 Å². The number of quaternary nitrogens is 2. The van der Waals surface area contributed by atoms with Gasteiger partial charge in [-0.1, -0.05) is 6.92 Å². The predicted molar refractivity (Wildman–Crippen MR) is 94.1 cm³/mol. The van der Waals surface area contributed by atoms with E-state index in [0.717, 1.165) is 24.3 Å². The second-order valence-corrected chi connectivity index (χ2v) is 7.64. The molecule has 0 bridgehead atoms. The second-order valence-electron chi connectivity index (χ2n) is 7.64. The first-order valence-corrected chi connectivity index (χ1v) is 9.64. The molecule has 2 fully saturated rings. The number of piperidine rings is 2. The Morgan fingerprint density at radius 3 is 2.43 bits per heavy atom. The summed E-state index contributed by atoms with van der Waals surface area (Å²) in [5.74, 6) is 1.93. The van der Waals surface area contributed by atoms with Gasteiger partial charge in [0, 0.05) is 24.3 Å². The number of rotatable bonds is 5. The first-order chi connectivity index (χ1) is 11.2. The van der Waals surface area contributed by atoms with Gasteiger partial charge in [0.05, 0.1) is 38.8 Å². The van der Waals surface area contributed by atoms with Gasteiger partial charge in [-0.25, -0.2) is 0 Å². The molecule has 1 aromatic carbocycles. The first kappa shape index (κ1) is 16.8. The van der Waals surface area contributed by atoms with E-state index in [1.54, 1.807) is 4.90 Å². The van der Waals surface area contributed by atoms with Crippen LogP contribution in [-0.2, 0) is 6.54 Å². The van der Waals surface area contributed by atoms with Crippen LogP contribution in [0.2, 0.25) is 0 Å². The van der Waals surface area contributed by atoms with Crippen molar-refractivity contribution in [2.24, 2.45) is 5.92 Å². The number of nitrogens with one attached hydrogen (secondary N) is 2. The summed E-state index contributed by atoms with van der Waals surface area (Å²) in [6.07, 6.45) is 5.71. The summed E-state index contributed by atoms with van der Waals surface area (Å²) in [4.78, 5) is 3.67. The van der Waals surface area contributed by atoms with E-state index in [-0.39, 0.29) is 0 Å². The molecular weight excluding hydrogens is 284 g/mol. The Balaban J connectivity index is 1.45. The molecule has 2 aliphatic rings. The summed E-state index contributed by atoms with van der Waals surface area (Å²) in [6.45, 7) is 11.9. The molecule has 23 heavy (non-hydrogen) atoms. The normalized spacial score (nSPS) is 31.7. The van der Waals surface area contributed by atoms with Crippen LogP contribution in [0.25, 0.3) is 0 Å². The maximum absolute atomic E-state index is 5.53. The minimum Gasteiger partial charge on any atom is -0.494 e. The smallest absolute Gasteiger partial charge is 0.119 e. The molecule has 0 aromatic heterocycles. The summed E-state index contributed by atoms with van der Waals surface area (Å²) in [5, 5.41) is 0. The Morgan fingerprint density at radius 2 is 1.78 bits per heavy atom. The second kappa shape index (κ2) is 8.16. The molecular formula is C20H34N2O+2. The van der Waals surface area contributed by atoms with Crippen LogP contribution in [0.15, 0.2) is 24.3 Å². The largest absolute Gasteiger partial charge is 0.494 e. The molecule has 2 aliphatic heterocycles. The van der Waals surface area contributed by atoms with E-state index >= 15 is 0 Å². The fraction of sp³-hybridized carbons (Fsp3) is 0.700. The molecule has 0 amide bonds. The third kappa shape index (κ3) is 4.71. The fourth-order valence-corrected chi connectivity index (χ4v) is 4.47. The van der Waals surface area contributed by atoms with Gasteiger partial charge < -0.3 is 14.5 Å². The molecule has 0 aliphatic carbocycles. The Bertz CT molecular complexity index is 465. The molecule has 0 radical (unpaired) electrons. The molecule has 2 saturated heterocycles. The van der Waals surface area contributed by atoms with Crippen molar-refractivity contribution < 1.29 is 14.5 Å². The highest BCUT2D eigenvalue weighted by molar-refractivity contribution is 5.26. The van der Waals surface area contributed by atoms with Crippen molar-refractivity contribution in [2.75, 3.05) is 32.8 Å². The minimum absolute atomic E-state index is 0.746. The standard InChI is InChI=1S/C20H32N2O/c1-3-23-20-8-6-18(7-9-20)16-21-13-10-19(11-14-21)22-12-4-5-17(2)15-22/h6-9,17,19H,3-5,10-16H2,1-2H3/p+2. The maximum Gasteiger partial charge on any atom is 0.119 e. The summed E-state index contributed by atoms with van der Waals surface area (Å²) >= 11 is 0. The van der Waals surface area contributed by atoms with E-state index in [9.17, 15) is 0 Å². The highest BCUT2D eigenvalue weighted by Gasteiger charge is 2.32. The lowest BCUT2D eigenvalue weighted by atomic mass is 9.95. The zero-order valence-electron chi connectivity index (χ0n) is 14.9. The van der Waals surface area contributed by atoms with Gasteiger partial charge in [-0.3, -0.25) is 0 Å². The predicted octanol–water partition coefficient (Wildman–Crippen LogP) is 0.947. The molecule has 2 heterocycles. The molecule has 3 heteroatoms. The van der Waals surface area contributed by atoms with Crippen molar-refractivity contribution in [1.29, 1.82) is 0 Å². The van der Waals surface area contributed by atoms with Gasteiger partial charge >= 0.3 is 0 Å². The van der Waals surface area contributed by atoms with Crippen molar-refractivity contribution in [3.05, 3.63) is 29.8 Å². The molecule has 3 rings (SSSR count). The van der Waals surface area contributed by atoms with Gasteiger partial charge in [0.1, 0.15) is 12.3 Å². The Morgan fingerprint density at radius 1 is 1.04 bits per heavy atom. The Hall–Kier alpha value is -1.06. The van der Waals surface area contributed by atoms with E-state index in [2.05, 4.69) is 31.2 Å². The van der Waals surface area contributed by atoms with Crippen LogP contribution in [0.3, 0.4) is 0 Å². The number of ether oxygens (including phenoxy) is 1. The van der Waals surface area contributed by atoms with Gasteiger partial charge in [-0.05, 0) is 44.0 Å². The van der Waals surface area contributed by atoms with E-state index in [1.807, 2.05) is 11.8 Å². The van der Waals surface area contributed by atoms with E-state index in [1.165, 1.54) is 64.0 Å². The third-order valence-corrected chi connectivity index (χ3v) is 5.76. The SMILES string of the molecule is CCOc1ccc(C[NH+]2CCC([NH+]3CCCC(C)C3)CC2)cc1. The maximum atomic E-state index is 5.53. The summed E-state index contributed by atoms with van der Waals surface area (Å²) < 4.78 is 5.53. The number of likely N-dealkylation sites (tertiary alicyclic amines) is 2. The average Bonchev–Trinajstić information content (AvgIpc) is 2.58. The number of hydrogen-bond acceptors (Lipinski definition) is 1.